The highest BCUT2D eigenvalue weighted by Crippen LogP contribution is 2.32. The fourth-order valence-corrected chi connectivity index (χ4v) is 2.65. The van der Waals surface area contributed by atoms with Gasteiger partial charge >= 0.3 is 11.9 Å². The van der Waals surface area contributed by atoms with Gasteiger partial charge in [0.25, 0.3) is 0 Å². The van der Waals surface area contributed by atoms with Crippen molar-refractivity contribution in [2.45, 2.75) is 19.8 Å². The van der Waals surface area contributed by atoms with Crippen molar-refractivity contribution < 1.29 is 24.3 Å². The largest absolute Gasteiger partial charge is 0.473 e. The number of aromatic nitrogens is 1. The van der Waals surface area contributed by atoms with E-state index in [1.54, 1.807) is 0 Å². The van der Waals surface area contributed by atoms with Gasteiger partial charge in [0.05, 0.1) is 5.69 Å². The van der Waals surface area contributed by atoms with Crippen LogP contribution in [0, 0.1) is 12.8 Å². The minimum atomic E-state index is -1.82. The van der Waals surface area contributed by atoms with E-state index in [4.69, 9.17) is 24.3 Å². The van der Waals surface area contributed by atoms with Gasteiger partial charge in [-0.1, -0.05) is 5.16 Å². The zero-order valence-electron chi connectivity index (χ0n) is 11.8. The molecule has 21 heavy (non-hydrogen) atoms. The molecule has 0 atom stereocenters. The summed E-state index contributed by atoms with van der Waals surface area (Å²) in [6, 6.07) is 2.00. The Labute approximate surface area is 121 Å². The minimum absolute atomic E-state index is 0.792. The Morgan fingerprint density at radius 1 is 1.33 bits per heavy atom. The monoisotopic (exact) mass is 294 g/mol. The molecule has 1 aromatic heterocycles. The summed E-state index contributed by atoms with van der Waals surface area (Å²) in [6.07, 6.45) is 4.83. The lowest BCUT2D eigenvalue weighted by molar-refractivity contribution is -0.159. The number of aliphatic carboxylic acids is 2. The van der Waals surface area contributed by atoms with Crippen LogP contribution in [0.5, 0.6) is 0 Å². The Morgan fingerprint density at radius 2 is 1.95 bits per heavy atom. The number of carboxylic acid groups (broad SMARTS) is 2. The van der Waals surface area contributed by atoms with Gasteiger partial charge in [0.15, 0.2) is 5.76 Å². The van der Waals surface area contributed by atoms with E-state index in [0.717, 1.165) is 23.9 Å². The lowest BCUT2D eigenvalue weighted by Crippen LogP contribution is -2.42. The number of hydrogen-bond acceptors (Lipinski definition) is 5. The average Bonchev–Trinajstić information content (AvgIpc) is 2.86. The molecule has 0 spiro atoms. The summed E-state index contributed by atoms with van der Waals surface area (Å²) in [7, 11) is 0. The van der Waals surface area contributed by atoms with Gasteiger partial charge < -0.3 is 14.7 Å². The fourth-order valence-electron chi connectivity index (χ4n) is 2.65. The molecule has 7 heteroatoms. The van der Waals surface area contributed by atoms with Crippen molar-refractivity contribution in [2.24, 2.45) is 5.92 Å². The van der Waals surface area contributed by atoms with Crippen LogP contribution >= 0.6 is 0 Å². The van der Waals surface area contributed by atoms with Crippen LogP contribution in [-0.2, 0) is 9.59 Å². The van der Waals surface area contributed by atoms with Crippen LogP contribution in [0.4, 0.5) is 0 Å². The molecule has 0 radical (unpaired) electrons. The number of nitrogens with zero attached hydrogens (tertiary/aromatic N) is 2. The third-order valence-corrected chi connectivity index (χ3v) is 3.67. The Morgan fingerprint density at radius 3 is 2.33 bits per heavy atom. The standard InChI is InChI=1S/C12H16N2O.C2H2O4/c1-9-6-12(15-13-9)7-11-8-14-4-2-10(11)3-5-14;3-1(4)2(5)6/h6-7,10H,2-5,8H2,1H3;(H,3,4)(H,5,6)/b11-7-;. The number of hydrogen-bond donors (Lipinski definition) is 2. The summed E-state index contributed by atoms with van der Waals surface area (Å²) in [4.78, 5) is 20.7. The molecule has 3 saturated heterocycles. The highest BCUT2D eigenvalue weighted by molar-refractivity contribution is 6.27. The molecular weight excluding hydrogens is 276 g/mol. The lowest BCUT2D eigenvalue weighted by Gasteiger charge is -2.40. The second kappa shape index (κ2) is 6.53. The van der Waals surface area contributed by atoms with E-state index < -0.39 is 11.9 Å². The van der Waals surface area contributed by atoms with E-state index in [1.807, 2.05) is 13.0 Å². The van der Waals surface area contributed by atoms with Crippen LogP contribution in [0.25, 0.3) is 6.08 Å². The minimum Gasteiger partial charge on any atom is -0.473 e. The molecule has 2 bridgehead atoms. The first-order valence-electron chi connectivity index (χ1n) is 6.78. The second-order valence-corrected chi connectivity index (χ2v) is 5.25. The van der Waals surface area contributed by atoms with Crippen LogP contribution in [0.1, 0.15) is 24.3 Å². The first kappa shape index (κ1) is 15.2. The summed E-state index contributed by atoms with van der Waals surface area (Å²) in [5.41, 5.74) is 2.49. The van der Waals surface area contributed by atoms with Crippen molar-refractivity contribution in [1.82, 2.24) is 10.1 Å². The number of piperidine rings is 3. The van der Waals surface area contributed by atoms with Crippen molar-refractivity contribution >= 4 is 18.0 Å². The molecular formula is C14H18N2O5. The summed E-state index contributed by atoms with van der Waals surface area (Å²) in [5, 5.41) is 18.7. The quantitative estimate of drug-likeness (QED) is 0.751. The number of rotatable bonds is 1. The molecule has 7 nitrogen and oxygen atoms in total. The van der Waals surface area contributed by atoms with E-state index in [9.17, 15) is 0 Å². The number of carboxylic acids is 2. The van der Waals surface area contributed by atoms with Gasteiger partial charge in [-0.25, -0.2) is 9.59 Å². The summed E-state index contributed by atoms with van der Waals surface area (Å²) in [5.74, 6) is -1.94. The van der Waals surface area contributed by atoms with E-state index in [-0.39, 0.29) is 0 Å². The Kier molecular flexibility index (Phi) is 4.74. The molecule has 114 valence electrons. The molecule has 4 rings (SSSR count). The average molecular weight is 294 g/mol. The number of fused-ring (bicyclic) bond motifs is 3. The van der Waals surface area contributed by atoms with Crippen molar-refractivity contribution in [2.75, 3.05) is 19.6 Å². The molecule has 1 aromatic rings. The molecule has 3 aliphatic heterocycles. The topological polar surface area (TPSA) is 104 Å². The SMILES string of the molecule is Cc1cc(/C=C2/CN3CCC2CC3)on1.O=C(O)C(=O)O. The number of aryl methyl sites for hydroxylation is 1. The third-order valence-electron chi connectivity index (χ3n) is 3.67. The Balaban J connectivity index is 0.000000232. The van der Waals surface area contributed by atoms with Crippen LogP contribution in [0.3, 0.4) is 0 Å². The molecule has 0 amide bonds. The highest BCUT2D eigenvalue weighted by atomic mass is 16.5. The van der Waals surface area contributed by atoms with Crippen LogP contribution in [-0.4, -0.2) is 51.8 Å². The number of carbonyl (C=O) groups is 2. The predicted octanol–water partition coefficient (Wildman–Crippen LogP) is 1.25. The van der Waals surface area contributed by atoms with E-state index >= 15 is 0 Å². The van der Waals surface area contributed by atoms with Gasteiger partial charge in [0.1, 0.15) is 0 Å². The summed E-state index contributed by atoms with van der Waals surface area (Å²) < 4.78 is 5.23. The molecule has 4 heterocycles. The van der Waals surface area contributed by atoms with Crippen molar-refractivity contribution in [3.05, 3.63) is 23.1 Å². The zero-order chi connectivity index (χ0) is 15.4. The smallest absolute Gasteiger partial charge is 0.414 e. The summed E-state index contributed by atoms with van der Waals surface area (Å²) in [6.45, 7) is 5.64. The van der Waals surface area contributed by atoms with Gasteiger partial charge in [0, 0.05) is 12.6 Å². The molecule has 0 aliphatic carbocycles. The van der Waals surface area contributed by atoms with Crippen molar-refractivity contribution in [1.29, 1.82) is 0 Å². The normalized spacial score (nSPS) is 25.3. The predicted molar refractivity (Wildman–Crippen MR) is 73.7 cm³/mol. The van der Waals surface area contributed by atoms with Crippen molar-refractivity contribution in [3.8, 4) is 0 Å². The van der Waals surface area contributed by atoms with E-state index in [1.165, 1.54) is 31.5 Å². The van der Waals surface area contributed by atoms with Crippen LogP contribution < -0.4 is 0 Å². The molecule has 0 unspecified atom stereocenters. The molecule has 0 saturated carbocycles. The molecule has 2 N–H and O–H groups in total. The molecule has 3 fully saturated rings. The zero-order valence-corrected chi connectivity index (χ0v) is 11.8. The van der Waals surface area contributed by atoms with Gasteiger partial charge in [-0.2, -0.15) is 0 Å². The van der Waals surface area contributed by atoms with Gasteiger partial charge in [-0.3, -0.25) is 4.90 Å². The van der Waals surface area contributed by atoms with E-state index in [0.29, 0.717) is 0 Å². The maximum absolute atomic E-state index is 9.10. The van der Waals surface area contributed by atoms with Crippen LogP contribution in [0.15, 0.2) is 16.2 Å². The summed E-state index contributed by atoms with van der Waals surface area (Å²) >= 11 is 0. The highest BCUT2D eigenvalue weighted by Gasteiger charge is 2.29. The second-order valence-electron chi connectivity index (χ2n) is 5.25. The molecule has 3 aliphatic rings. The maximum Gasteiger partial charge on any atom is 0.414 e. The molecule has 0 aromatic carbocycles. The van der Waals surface area contributed by atoms with Gasteiger partial charge in [-0.05, 0) is 50.4 Å². The Hall–Kier alpha value is -2.15. The maximum atomic E-state index is 9.10. The fraction of sp³-hybridized carbons (Fsp3) is 0.500. The first-order chi connectivity index (χ1) is 9.95. The van der Waals surface area contributed by atoms with Gasteiger partial charge in [-0.15, -0.1) is 0 Å². The van der Waals surface area contributed by atoms with Gasteiger partial charge in [0.2, 0.25) is 0 Å². The first-order valence-corrected chi connectivity index (χ1v) is 6.78. The lowest BCUT2D eigenvalue weighted by atomic mass is 9.83. The van der Waals surface area contributed by atoms with Crippen LogP contribution in [0.2, 0.25) is 0 Å². The third kappa shape index (κ3) is 4.16. The van der Waals surface area contributed by atoms with E-state index in [2.05, 4.69) is 16.1 Å². The van der Waals surface area contributed by atoms with Crippen molar-refractivity contribution in [3.63, 3.8) is 0 Å². The Bertz CT molecular complexity index is 543.